The maximum atomic E-state index is 10.7. The number of piperidine rings is 1. The van der Waals surface area contributed by atoms with Crippen LogP contribution in [0.3, 0.4) is 0 Å². The Bertz CT molecular complexity index is 340. The van der Waals surface area contributed by atoms with Crippen LogP contribution in [0.1, 0.15) is 17.7 Å². The molecule has 0 aromatic carbocycles. The monoisotopic (exact) mass is 238 g/mol. The van der Waals surface area contributed by atoms with Gasteiger partial charge in [-0.15, -0.1) is 11.3 Å². The molecule has 1 aromatic rings. The highest BCUT2D eigenvalue weighted by atomic mass is 32.1. The second-order valence-electron chi connectivity index (χ2n) is 4.54. The van der Waals surface area contributed by atoms with Crippen molar-refractivity contribution in [2.75, 3.05) is 27.2 Å². The molecule has 1 fully saturated rings. The summed E-state index contributed by atoms with van der Waals surface area (Å²) < 4.78 is 0. The molecule has 1 amide bonds. The standard InChI is InChI=1S/C12H18N2OS/c1-13(2)12(11-4-3-9-16-11)5-7-14(10-15)8-6-12/h3-4,9-10H,5-8H2,1-2H3. The lowest BCUT2D eigenvalue weighted by Crippen LogP contribution is -2.49. The van der Waals surface area contributed by atoms with Crippen molar-refractivity contribution in [3.63, 3.8) is 0 Å². The molecule has 0 spiro atoms. The zero-order valence-electron chi connectivity index (χ0n) is 9.85. The molecule has 88 valence electrons. The molecule has 4 heteroatoms. The van der Waals surface area contributed by atoms with Gasteiger partial charge in [-0.2, -0.15) is 0 Å². The summed E-state index contributed by atoms with van der Waals surface area (Å²) in [7, 11) is 4.27. The van der Waals surface area contributed by atoms with E-state index in [0.29, 0.717) is 0 Å². The first kappa shape index (κ1) is 11.6. The van der Waals surface area contributed by atoms with Crippen molar-refractivity contribution in [1.29, 1.82) is 0 Å². The highest BCUT2D eigenvalue weighted by molar-refractivity contribution is 7.10. The molecule has 3 nitrogen and oxygen atoms in total. The van der Waals surface area contributed by atoms with E-state index in [1.807, 2.05) is 16.2 Å². The van der Waals surface area contributed by atoms with Gasteiger partial charge >= 0.3 is 0 Å². The number of hydrogen-bond donors (Lipinski definition) is 0. The SMILES string of the molecule is CN(C)C1(c2cccs2)CCN(C=O)CC1. The Morgan fingerprint density at radius 3 is 2.56 bits per heavy atom. The van der Waals surface area contributed by atoms with Crippen molar-refractivity contribution in [2.24, 2.45) is 0 Å². The summed E-state index contributed by atoms with van der Waals surface area (Å²) >= 11 is 1.82. The van der Waals surface area contributed by atoms with Gasteiger partial charge in [0.2, 0.25) is 6.41 Å². The maximum absolute atomic E-state index is 10.7. The van der Waals surface area contributed by atoms with Gasteiger partial charge in [-0.05, 0) is 38.4 Å². The van der Waals surface area contributed by atoms with Crippen LogP contribution in [0.15, 0.2) is 17.5 Å². The molecule has 1 aromatic heterocycles. The second kappa shape index (κ2) is 4.55. The number of thiophene rings is 1. The topological polar surface area (TPSA) is 23.6 Å². The summed E-state index contributed by atoms with van der Waals surface area (Å²) in [5.74, 6) is 0. The molecule has 0 bridgehead atoms. The summed E-state index contributed by atoms with van der Waals surface area (Å²) in [6.45, 7) is 1.72. The van der Waals surface area contributed by atoms with Crippen LogP contribution in [-0.4, -0.2) is 43.4 Å². The largest absolute Gasteiger partial charge is 0.345 e. The lowest BCUT2D eigenvalue weighted by Gasteiger charge is -2.44. The van der Waals surface area contributed by atoms with Crippen LogP contribution in [0.4, 0.5) is 0 Å². The van der Waals surface area contributed by atoms with Crippen LogP contribution in [0, 0.1) is 0 Å². The van der Waals surface area contributed by atoms with Gasteiger partial charge in [0.25, 0.3) is 0 Å². The molecule has 2 heterocycles. The Morgan fingerprint density at radius 1 is 1.44 bits per heavy atom. The van der Waals surface area contributed by atoms with Crippen LogP contribution in [0.5, 0.6) is 0 Å². The van der Waals surface area contributed by atoms with Crippen LogP contribution in [0.25, 0.3) is 0 Å². The van der Waals surface area contributed by atoms with E-state index in [-0.39, 0.29) is 5.54 Å². The predicted molar refractivity (Wildman–Crippen MR) is 66.6 cm³/mol. The first-order chi connectivity index (χ1) is 7.69. The number of carbonyl (C=O) groups excluding carboxylic acids is 1. The smallest absolute Gasteiger partial charge is 0.209 e. The van der Waals surface area contributed by atoms with Crippen molar-refractivity contribution in [1.82, 2.24) is 9.80 Å². The van der Waals surface area contributed by atoms with Crippen molar-refractivity contribution in [3.05, 3.63) is 22.4 Å². The van der Waals surface area contributed by atoms with E-state index >= 15 is 0 Å². The Morgan fingerprint density at radius 2 is 2.12 bits per heavy atom. The van der Waals surface area contributed by atoms with E-state index in [1.54, 1.807) is 0 Å². The number of rotatable bonds is 3. The molecule has 0 radical (unpaired) electrons. The molecule has 0 aliphatic carbocycles. The Hall–Kier alpha value is -0.870. The van der Waals surface area contributed by atoms with E-state index in [2.05, 4.69) is 36.5 Å². The molecule has 1 saturated heterocycles. The number of nitrogens with zero attached hydrogens (tertiary/aromatic N) is 2. The van der Waals surface area contributed by atoms with Gasteiger partial charge < -0.3 is 4.90 Å². The lowest BCUT2D eigenvalue weighted by atomic mass is 9.85. The molecule has 0 N–H and O–H groups in total. The van der Waals surface area contributed by atoms with Gasteiger partial charge in [0.05, 0.1) is 5.54 Å². The highest BCUT2D eigenvalue weighted by Crippen LogP contribution is 2.39. The normalized spacial score (nSPS) is 20.1. The Labute approximate surface area is 101 Å². The average molecular weight is 238 g/mol. The average Bonchev–Trinajstić information content (AvgIpc) is 2.82. The third kappa shape index (κ3) is 1.87. The third-order valence-corrected chi connectivity index (χ3v) is 4.67. The van der Waals surface area contributed by atoms with Gasteiger partial charge in [-0.3, -0.25) is 9.69 Å². The minimum absolute atomic E-state index is 0.133. The van der Waals surface area contributed by atoms with E-state index in [1.165, 1.54) is 4.88 Å². The van der Waals surface area contributed by atoms with E-state index in [9.17, 15) is 4.79 Å². The molecule has 0 unspecified atom stereocenters. The summed E-state index contributed by atoms with van der Waals surface area (Å²) in [6.07, 6.45) is 3.02. The van der Waals surface area contributed by atoms with E-state index < -0.39 is 0 Å². The van der Waals surface area contributed by atoms with Gasteiger partial charge in [0, 0.05) is 18.0 Å². The molecule has 1 aliphatic rings. The van der Waals surface area contributed by atoms with Crippen molar-refractivity contribution in [3.8, 4) is 0 Å². The van der Waals surface area contributed by atoms with E-state index in [4.69, 9.17) is 0 Å². The number of amides is 1. The first-order valence-electron chi connectivity index (χ1n) is 5.60. The summed E-state index contributed by atoms with van der Waals surface area (Å²) in [5.41, 5.74) is 0.133. The fourth-order valence-corrected chi connectivity index (χ4v) is 3.52. The molecule has 0 saturated carbocycles. The van der Waals surface area contributed by atoms with Crippen molar-refractivity contribution < 1.29 is 4.79 Å². The Balaban J connectivity index is 2.22. The molecule has 16 heavy (non-hydrogen) atoms. The van der Waals surface area contributed by atoms with E-state index in [0.717, 1.165) is 32.3 Å². The minimum Gasteiger partial charge on any atom is -0.345 e. The van der Waals surface area contributed by atoms with Crippen molar-refractivity contribution >= 4 is 17.7 Å². The number of hydrogen-bond acceptors (Lipinski definition) is 3. The molecule has 0 atom stereocenters. The zero-order chi connectivity index (χ0) is 11.6. The highest BCUT2D eigenvalue weighted by Gasteiger charge is 2.38. The molecule has 1 aliphatic heterocycles. The minimum atomic E-state index is 0.133. The third-order valence-electron chi connectivity index (χ3n) is 3.61. The first-order valence-corrected chi connectivity index (χ1v) is 6.48. The quantitative estimate of drug-likeness (QED) is 0.749. The van der Waals surface area contributed by atoms with Crippen molar-refractivity contribution in [2.45, 2.75) is 18.4 Å². The second-order valence-corrected chi connectivity index (χ2v) is 5.49. The van der Waals surface area contributed by atoms with Gasteiger partial charge in [-0.25, -0.2) is 0 Å². The van der Waals surface area contributed by atoms with Crippen LogP contribution >= 0.6 is 11.3 Å². The molecular weight excluding hydrogens is 220 g/mol. The predicted octanol–water partition coefficient (Wildman–Crippen LogP) is 1.76. The molecular formula is C12H18N2OS. The maximum Gasteiger partial charge on any atom is 0.209 e. The molecule has 2 rings (SSSR count). The van der Waals surface area contributed by atoms with Gasteiger partial charge in [-0.1, -0.05) is 6.07 Å². The lowest BCUT2D eigenvalue weighted by molar-refractivity contribution is -0.120. The number of likely N-dealkylation sites (tertiary alicyclic amines) is 1. The zero-order valence-corrected chi connectivity index (χ0v) is 10.7. The number of carbonyl (C=O) groups is 1. The Kier molecular flexibility index (Phi) is 3.30. The summed E-state index contributed by atoms with van der Waals surface area (Å²) in [4.78, 5) is 16.3. The summed E-state index contributed by atoms with van der Waals surface area (Å²) in [5, 5.41) is 2.13. The van der Waals surface area contributed by atoms with Crippen LogP contribution in [-0.2, 0) is 10.3 Å². The van der Waals surface area contributed by atoms with Gasteiger partial charge in [0.15, 0.2) is 0 Å². The fourth-order valence-electron chi connectivity index (χ4n) is 2.46. The van der Waals surface area contributed by atoms with Gasteiger partial charge in [0.1, 0.15) is 0 Å². The van der Waals surface area contributed by atoms with Crippen LogP contribution in [0.2, 0.25) is 0 Å². The van der Waals surface area contributed by atoms with Crippen LogP contribution < -0.4 is 0 Å². The fraction of sp³-hybridized carbons (Fsp3) is 0.583. The summed E-state index contributed by atoms with van der Waals surface area (Å²) in [6, 6.07) is 4.32.